The number of hydrogen-bond acceptors (Lipinski definition) is 2. The van der Waals surface area contributed by atoms with Crippen molar-refractivity contribution in [2.45, 2.75) is 53.2 Å². The standard InChI is InChI=1S/C17H25F2NO2/c1-10(2)9-17(4,5)16(22)20-11(3)15(21)12-6-7-13(18)14(19)8-12/h6-8,10-11,15,21H,9H2,1-5H3,(H,20,22). The molecule has 0 saturated heterocycles. The quantitative estimate of drug-likeness (QED) is 0.843. The highest BCUT2D eigenvalue weighted by atomic mass is 19.2. The van der Waals surface area contributed by atoms with Crippen molar-refractivity contribution in [3.05, 3.63) is 35.4 Å². The second-order valence-corrected chi connectivity index (χ2v) is 6.86. The molecule has 1 amide bonds. The minimum Gasteiger partial charge on any atom is -0.386 e. The molecule has 2 atom stereocenters. The van der Waals surface area contributed by atoms with Crippen LogP contribution in [0.4, 0.5) is 8.78 Å². The van der Waals surface area contributed by atoms with Crippen LogP contribution in [-0.4, -0.2) is 17.1 Å². The van der Waals surface area contributed by atoms with Crippen LogP contribution in [0.3, 0.4) is 0 Å². The molecule has 0 saturated carbocycles. The van der Waals surface area contributed by atoms with Gasteiger partial charge in [0.2, 0.25) is 5.91 Å². The summed E-state index contributed by atoms with van der Waals surface area (Å²) in [6, 6.07) is 2.61. The molecule has 3 nitrogen and oxygen atoms in total. The van der Waals surface area contributed by atoms with Crippen LogP contribution in [0.5, 0.6) is 0 Å². The molecule has 1 rings (SSSR count). The molecule has 0 aliphatic rings. The molecule has 1 aromatic carbocycles. The van der Waals surface area contributed by atoms with Crippen LogP contribution in [0.1, 0.15) is 52.7 Å². The Morgan fingerprint density at radius 2 is 1.82 bits per heavy atom. The number of amides is 1. The first-order valence-corrected chi connectivity index (χ1v) is 7.48. The fraction of sp³-hybridized carbons (Fsp3) is 0.588. The minimum absolute atomic E-state index is 0.171. The first kappa shape index (κ1) is 18.6. The minimum atomic E-state index is -1.10. The van der Waals surface area contributed by atoms with Gasteiger partial charge in [0.05, 0.1) is 12.1 Å². The Bertz CT molecular complexity index is 529. The van der Waals surface area contributed by atoms with E-state index in [9.17, 15) is 18.7 Å². The van der Waals surface area contributed by atoms with Crippen LogP contribution in [0, 0.1) is 23.0 Å². The predicted molar refractivity (Wildman–Crippen MR) is 82.2 cm³/mol. The van der Waals surface area contributed by atoms with Crippen molar-refractivity contribution in [2.24, 2.45) is 11.3 Å². The summed E-state index contributed by atoms with van der Waals surface area (Å²) in [6.45, 7) is 9.40. The Kier molecular flexibility index (Phi) is 6.06. The number of hydrogen-bond donors (Lipinski definition) is 2. The average Bonchev–Trinajstić information content (AvgIpc) is 2.39. The molecule has 22 heavy (non-hydrogen) atoms. The van der Waals surface area contributed by atoms with Crippen LogP contribution in [0.15, 0.2) is 18.2 Å². The number of nitrogens with one attached hydrogen (secondary N) is 1. The SMILES string of the molecule is CC(C)CC(C)(C)C(=O)NC(C)C(O)c1ccc(F)c(F)c1. The lowest BCUT2D eigenvalue weighted by Gasteiger charge is -2.29. The number of carbonyl (C=O) groups is 1. The fourth-order valence-corrected chi connectivity index (χ4v) is 2.58. The van der Waals surface area contributed by atoms with E-state index in [4.69, 9.17) is 0 Å². The van der Waals surface area contributed by atoms with Gasteiger partial charge >= 0.3 is 0 Å². The summed E-state index contributed by atoms with van der Waals surface area (Å²) in [5.74, 6) is -1.79. The maximum Gasteiger partial charge on any atom is 0.225 e. The predicted octanol–water partition coefficient (Wildman–Crippen LogP) is 3.58. The number of rotatable bonds is 6. The van der Waals surface area contributed by atoms with Gasteiger partial charge < -0.3 is 10.4 Å². The van der Waals surface area contributed by atoms with E-state index in [1.807, 2.05) is 27.7 Å². The van der Waals surface area contributed by atoms with Gasteiger partial charge in [-0.1, -0.05) is 33.8 Å². The second kappa shape index (κ2) is 7.18. The molecule has 2 N–H and O–H groups in total. The maximum absolute atomic E-state index is 13.2. The number of aliphatic hydroxyl groups is 1. The molecule has 0 fully saturated rings. The normalized spacial score (nSPS) is 14.8. The summed E-state index contributed by atoms with van der Waals surface area (Å²) in [7, 11) is 0. The van der Waals surface area contributed by atoms with Gasteiger partial charge in [0, 0.05) is 5.41 Å². The molecule has 124 valence electrons. The highest BCUT2D eigenvalue weighted by molar-refractivity contribution is 5.82. The number of benzene rings is 1. The van der Waals surface area contributed by atoms with Gasteiger partial charge in [-0.05, 0) is 37.0 Å². The lowest BCUT2D eigenvalue weighted by molar-refractivity contribution is -0.131. The molecule has 0 aliphatic heterocycles. The van der Waals surface area contributed by atoms with E-state index in [2.05, 4.69) is 5.32 Å². The first-order chi connectivity index (χ1) is 10.0. The number of carbonyl (C=O) groups excluding carboxylic acids is 1. The summed E-state index contributed by atoms with van der Waals surface area (Å²) < 4.78 is 26.1. The smallest absolute Gasteiger partial charge is 0.225 e. The van der Waals surface area contributed by atoms with E-state index in [1.165, 1.54) is 6.07 Å². The first-order valence-electron chi connectivity index (χ1n) is 7.48. The Morgan fingerprint density at radius 3 is 2.32 bits per heavy atom. The van der Waals surface area contributed by atoms with E-state index in [0.29, 0.717) is 12.3 Å². The van der Waals surface area contributed by atoms with Gasteiger partial charge in [-0.15, -0.1) is 0 Å². The lowest BCUT2D eigenvalue weighted by atomic mass is 9.83. The molecule has 5 heteroatoms. The van der Waals surface area contributed by atoms with E-state index in [1.54, 1.807) is 6.92 Å². The van der Waals surface area contributed by atoms with E-state index >= 15 is 0 Å². The van der Waals surface area contributed by atoms with Crippen molar-refractivity contribution < 1.29 is 18.7 Å². The zero-order valence-electron chi connectivity index (χ0n) is 13.8. The Labute approximate surface area is 130 Å². The van der Waals surface area contributed by atoms with Crippen molar-refractivity contribution in [3.63, 3.8) is 0 Å². The van der Waals surface area contributed by atoms with E-state index in [0.717, 1.165) is 12.1 Å². The average molecular weight is 313 g/mol. The molecule has 0 spiro atoms. The molecule has 2 unspecified atom stereocenters. The topological polar surface area (TPSA) is 49.3 Å². The fourth-order valence-electron chi connectivity index (χ4n) is 2.58. The molecule has 0 aliphatic carbocycles. The van der Waals surface area contributed by atoms with Crippen LogP contribution >= 0.6 is 0 Å². The van der Waals surface area contributed by atoms with E-state index < -0.39 is 29.2 Å². The third-order valence-corrected chi connectivity index (χ3v) is 3.65. The van der Waals surface area contributed by atoms with Crippen LogP contribution < -0.4 is 5.32 Å². The third kappa shape index (κ3) is 4.77. The van der Waals surface area contributed by atoms with Crippen LogP contribution in [-0.2, 0) is 4.79 Å². The zero-order valence-corrected chi connectivity index (χ0v) is 13.8. The maximum atomic E-state index is 13.2. The zero-order chi connectivity index (χ0) is 17.1. The lowest BCUT2D eigenvalue weighted by Crippen LogP contribution is -2.44. The van der Waals surface area contributed by atoms with Gasteiger partial charge in [0.25, 0.3) is 0 Å². The molecular weight excluding hydrogens is 288 g/mol. The molecular formula is C17H25F2NO2. The van der Waals surface area contributed by atoms with Gasteiger partial charge in [0.15, 0.2) is 11.6 Å². The highest BCUT2D eigenvalue weighted by Gasteiger charge is 2.31. The molecule has 0 aromatic heterocycles. The number of halogens is 2. The Balaban J connectivity index is 2.77. The largest absolute Gasteiger partial charge is 0.386 e. The Morgan fingerprint density at radius 1 is 1.23 bits per heavy atom. The summed E-state index contributed by atoms with van der Waals surface area (Å²) in [6.07, 6.45) is -0.388. The van der Waals surface area contributed by atoms with Gasteiger partial charge in [-0.2, -0.15) is 0 Å². The van der Waals surface area contributed by atoms with Crippen molar-refractivity contribution in [1.29, 1.82) is 0 Å². The third-order valence-electron chi connectivity index (χ3n) is 3.65. The van der Waals surface area contributed by atoms with E-state index in [-0.39, 0.29) is 11.5 Å². The van der Waals surface area contributed by atoms with Gasteiger partial charge in [-0.25, -0.2) is 8.78 Å². The van der Waals surface area contributed by atoms with Crippen LogP contribution in [0.2, 0.25) is 0 Å². The second-order valence-electron chi connectivity index (χ2n) is 6.86. The summed E-state index contributed by atoms with van der Waals surface area (Å²) in [5, 5.41) is 12.9. The van der Waals surface area contributed by atoms with Crippen molar-refractivity contribution >= 4 is 5.91 Å². The summed E-state index contributed by atoms with van der Waals surface area (Å²) in [4.78, 5) is 12.3. The molecule has 0 radical (unpaired) electrons. The van der Waals surface area contributed by atoms with Crippen molar-refractivity contribution in [1.82, 2.24) is 5.32 Å². The van der Waals surface area contributed by atoms with Crippen molar-refractivity contribution in [3.8, 4) is 0 Å². The Hall–Kier alpha value is -1.49. The molecule has 0 heterocycles. The van der Waals surface area contributed by atoms with Gasteiger partial charge in [0.1, 0.15) is 0 Å². The van der Waals surface area contributed by atoms with Crippen LogP contribution in [0.25, 0.3) is 0 Å². The monoisotopic (exact) mass is 313 g/mol. The number of aliphatic hydroxyl groups excluding tert-OH is 1. The van der Waals surface area contributed by atoms with Crippen molar-refractivity contribution in [2.75, 3.05) is 0 Å². The summed E-state index contributed by atoms with van der Waals surface area (Å²) >= 11 is 0. The highest BCUT2D eigenvalue weighted by Crippen LogP contribution is 2.26. The summed E-state index contributed by atoms with van der Waals surface area (Å²) in [5.41, 5.74) is -0.329. The molecule has 1 aromatic rings. The molecule has 0 bridgehead atoms. The van der Waals surface area contributed by atoms with Gasteiger partial charge in [-0.3, -0.25) is 4.79 Å².